The van der Waals surface area contributed by atoms with Gasteiger partial charge in [0.25, 0.3) is 5.91 Å². The number of benzene rings is 2. The molecule has 2 aromatic rings. The van der Waals surface area contributed by atoms with E-state index in [4.69, 9.17) is 16.3 Å². The van der Waals surface area contributed by atoms with Gasteiger partial charge in [0.1, 0.15) is 0 Å². The molecule has 7 heteroatoms. The fraction of sp³-hybridized carbons (Fsp3) is 0.118. The maximum Gasteiger partial charge on any atom is 0.339 e. The van der Waals surface area contributed by atoms with Gasteiger partial charge in [0.2, 0.25) is 0 Å². The van der Waals surface area contributed by atoms with Crippen LogP contribution in [0.4, 0.5) is 5.69 Å². The minimum atomic E-state index is -0.790. The van der Waals surface area contributed by atoms with E-state index in [2.05, 4.69) is 10.1 Å². The molecule has 1 N–H and O–H groups in total. The minimum Gasteiger partial charge on any atom is -0.465 e. The topological polar surface area (TPSA) is 81.7 Å². The van der Waals surface area contributed by atoms with E-state index in [1.807, 2.05) is 0 Å². The number of carbonyl (C=O) groups is 3. The predicted octanol–water partition coefficient (Wildman–Crippen LogP) is 2.92. The molecule has 6 nitrogen and oxygen atoms in total. The molecule has 0 spiro atoms. The van der Waals surface area contributed by atoms with E-state index in [1.54, 1.807) is 36.4 Å². The van der Waals surface area contributed by atoms with Crippen LogP contribution in [0.15, 0.2) is 48.5 Å². The second-order valence-corrected chi connectivity index (χ2v) is 5.10. The Morgan fingerprint density at radius 1 is 0.958 bits per heavy atom. The van der Waals surface area contributed by atoms with Crippen LogP contribution in [0.3, 0.4) is 0 Å². The zero-order chi connectivity index (χ0) is 17.5. The standard InChI is InChI=1S/C17H14ClNO5/c1-23-16(21)13-4-2-3-5-14(13)17(22)24-10-15(20)19-12-8-6-11(18)7-9-12/h2-9H,10H2,1H3,(H,19,20). The minimum absolute atomic E-state index is 0.0312. The molecule has 0 aliphatic heterocycles. The van der Waals surface area contributed by atoms with Crippen LogP contribution in [-0.4, -0.2) is 31.6 Å². The molecule has 0 saturated heterocycles. The summed E-state index contributed by atoms with van der Waals surface area (Å²) in [6.45, 7) is -0.489. The highest BCUT2D eigenvalue weighted by Gasteiger charge is 2.19. The van der Waals surface area contributed by atoms with Crippen LogP contribution in [0.2, 0.25) is 5.02 Å². The van der Waals surface area contributed by atoms with Gasteiger partial charge < -0.3 is 14.8 Å². The lowest BCUT2D eigenvalue weighted by molar-refractivity contribution is -0.119. The summed E-state index contributed by atoms with van der Waals surface area (Å²) in [5, 5.41) is 3.10. The fourth-order valence-electron chi connectivity index (χ4n) is 1.89. The van der Waals surface area contributed by atoms with E-state index in [9.17, 15) is 14.4 Å². The molecule has 0 saturated carbocycles. The summed E-state index contributed by atoms with van der Waals surface area (Å²) in [4.78, 5) is 35.5. The van der Waals surface area contributed by atoms with Crippen molar-refractivity contribution in [2.24, 2.45) is 0 Å². The average Bonchev–Trinajstić information content (AvgIpc) is 2.61. The Hall–Kier alpha value is -2.86. The molecule has 0 heterocycles. The van der Waals surface area contributed by atoms with E-state index in [1.165, 1.54) is 19.2 Å². The fourth-order valence-corrected chi connectivity index (χ4v) is 2.01. The average molecular weight is 348 g/mol. The summed E-state index contributed by atoms with van der Waals surface area (Å²) in [5.74, 6) is -1.96. The third-order valence-electron chi connectivity index (χ3n) is 3.01. The Morgan fingerprint density at radius 3 is 2.12 bits per heavy atom. The number of esters is 2. The Labute approximate surface area is 143 Å². The quantitative estimate of drug-likeness (QED) is 0.841. The molecule has 0 aliphatic carbocycles. The van der Waals surface area contributed by atoms with Crippen LogP contribution < -0.4 is 5.32 Å². The normalized spacial score (nSPS) is 9.92. The molecule has 2 rings (SSSR count). The van der Waals surface area contributed by atoms with Crippen molar-refractivity contribution in [2.45, 2.75) is 0 Å². The van der Waals surface area contributed by atoms with Crippen LogP contribution in [0.1, 0.15) is 20.7 Å². The highest BCUT2D eigenvalue weighted by Crippen LogP contribution is 2.14. The van der Waals surface area contributed by atoms with Crippen molar-refractivity contribution < 1.29 is 23.9 Å². The second kappa shape index (κ2) is 8.12. The number of rotatable bonds is 5. The van der Waals surface area contributed by atoms with E-state index >= 15 is 0 Å². The van der Waals surface area contributed by atoms with E-state index in [-0.39, 0.29) is 11.1 Å². The second-order valence-electron chi connectivity index (χ2n) is 4.67. The first-order valence-electron chi connectivity index (χ1n) is 6.91. The Morgan fingerprint density at radius 2 is 1.54 bits per heavy atom. The molecule has 0 radical (unpaired) electrons. The lowest BCUT2D eigenvalue weighted by Crippen LogP contribution is -2.22. The van der Waals surface area contributed by atoms with Gasteiger partial charge in [-0.15, -0.1) is 0 Å². The largest absolute Gasteiger partial charge is 0.465 e. The van der Waals surface area contributed by atoms with Gasteiger partial charge in [0.15, 0.2) is 6.61 Å². The van der Waals surface area contributed by atoms with Gasteiger partial charge >= 0.3 is 11.9 Å². The smallest absolute Gasteiger partial charge is 0.339 e. The number of hydrogen-bond donors (Lipinski definition) is 1. The van der Waals surface area contributed by atoms with Crippen molar-refractivity contribution in [3.05, 3.63) is 64.7 Å². The molecule has 0 fully saturated rings. The lowest BCUT2D eigenvalue weighted by Gasteiger charge is -2.09. The van der Waals surface area contributed by atoms with Gasteiger partial charge in [-0.25, -0.2) is 9.59 Å². The SMILES string of the molecule is COC(=O)c1ccccc1C(=O)OCC(=O)Nc1ccc(Cl)cc1. The number of anilines is 1. The highest BCUT2D eigenvalue weighted by atomic mass is 35.5. The van der Waals surface area contributed by atoms with Gasteiger partial charge in [-0.1, -0.05) is 23.7 Å². The number of hydrogen-bond acceptors (Lipinski definition) is 5. The van der Waals surface area contributed by atoms with Crippen molar-refractivity contribution in [2.75, 3.05) is 19.0 Å². The summed E-state index contributed by atoms with van der Waals surface area (Å²) < 4.78 is 9.54. The van der Waals surface area contributed by atoms with Crippen LogP contribution in [0, 0.1) is 0 Å². The van der Waals surface area contributed by atoms with Crippen molar-refractivity contribution in [1.82, 2.24) is 0 Å². The summed E-state index contributed by atoms with van der Waals surface area (Å²) in [7, 11) is 1.21. The third kappa shape index (κ3) is 4.57. The van der Waals surface area contributed by atoms with E-state index in [0.717, 1.165) is 0 Å². The highest BCUT2D eigenvalue weighted by molar-refractivity contribution is 6.30. The molecular formula is C17H14ClNO5. The van der Waals surface area contributed by atoms with Gasteiger partial charge in [-0.3, -0.25) is 4.79 Å². The molecule has 0 aromatic heterocycles. The van der Waals surface area contributed by atoms with Gasteiger partial charge in [0.05, 0.1) is 18.2 Å². The van der Waals surface area contributed by atoms with Crippen LogP contribution in [0.5, 0.6) is 0 Å². The molecule has 1 amide bonds. The van der Waals surface area contributed by atoms with E-state index in [0.29, 0.717) is 10.7 Å². The molecule has 0 aliphatic rings. The van der Waals surface area contributed by atoms with E-state index < -0.39 is 24.5 Å². The monoisotopic (exact) mass is 347 g/mol. The van der Waals surface area contributed by atoms with Gasteiger partial charge in [0, 0.05) is 10.7 Å². The first-order chi connectivity index (χ1) is 11.5. The summed E-state index contributed by atoms with van der Waals surface area (Å²) in [5.41, 5.74) is 0.627. The lowest BCUT2D eigenvalue weighted by atomic mass is 10.1. The molecule has 0 bridgehead atoms. The number of halogens is 1. The molecule has 2 aromatic carbocycles. The van der Waals surface area contributed by atoms with Crippen LogP contribution >= 0.6 is 11.6 Å². The molecule has 0 atom stereocenters. The first kappa shape index (κ1) is 17.5. The van der Waals surface area contributed by atoms with Crippen molar-refractivity contribution >= 4 is 35.1 Å². The Bertz CT molecular complexity index is 758. The summed E-state index contributed by atoms with van der Waals surface area (Å²) in [6, 6.07) is 12.5. The van der Waals surface area contributed by atoms with Crippen molar-refractivity contribution in [3.8, 4) is 0 Å². The van der Waals surface area contributed by atoms with Crippen LogP contribution in [0.25, 0.3) is 0 Å². The summed E-state index contributed by atoms with van der Waals surface area (Å²) >= 11 is 5.75. The zero-order valence-electron chi connectivity index (χ0n) is 12.7. The van der Waals surface area contributed by atoms with Crippen molar-refractivity contribution in [1.29, 1.82) is 0 Å². The van der Waals surface area contributed by atoms with Gasteiger partial charge in [-0.2, -0.15) is 0 Å². The number of ether oxygens (including phenoxy) is 2. The van der Waals surface area contributed by atoms with Crippen molar-refractivity contribution in [3.63, 3.8) is 0 Å². The number of nitrogens with one attached hydrogen (secondary N) is 1. The number of amides is 1. The summed E-state index contributed by atoms with van der Waals surface area (Å²) in [6.07, 6.45) is 0. The van der Waals surface area contributed by atoms with Crippen LogP contribution in [-0.2, 0) is 14.3 Å². The Balaban J connectivity index is 1.97. The molecule has 0 unspecified atom stereocenters. The Kier molecular flexibility index (Phi) is 5.92. The first-order valence-corrected chi connectivity index (χ1v) is 7.29. The number of methoxy groups -OCH3 is 1. The number of carbonyl (C=O) groups excluding carboxylic acids is 3. The molecule has 24 heavy (non-hydrogen) atoms. The molecular weight excluding hydrogens is 334 g/mol. The zero-order valence-corrected chi connectivity index (χ0v) is 13.5. The predicted molar refractivity (Wildman–Crippen MR) is 88.1 cm³/mol. The van der Waals surface area contributed by atoms with Gasteiger partial charge in [-0.05, 0) is 36.4 Å². The maximum atomic E-state index is 12.1. The third-order valence-corrected chi connectivity index (χ3v) is 3.27. The maximum absolute atomic E-state index is 12.1. The molecule has 124 valence electrons.